The molecule has 13 heteroatoms. The van der Waals surface area contributed by atoms with Gasteiger partial charge in [-0.3, -0.25) is 0 Å². The van der Waals surface area contributed by atoms with Gasteiger partial charge >= 0.3 is 43.1 Å². The number of benzene rings is 2. The Balaban J connectivity index is 0.00000392. The van der Waals surface area contributed by atoms with Gasteiger partial charge in [0.2, 0.25) is 0 Å². The minimum absolute atomic E-state index is 0. The van der Waals surface area contributed by atoms with Crippen molar-refractivity contribution in [2.45, 2.75) is 35.5 Å². The molecule has 0 aliphatic rings. The maximum atomic E-state index is 13.8. The van der Waals surface area contributed by atoms with Crippen molar-refractivity contribution in [2.75, 3.05) is 0 Å². The van der Waals surface area contributed by atoms with Crippen LogP contribution < -0.4 is 18.9 Å². The second-order valence-electron chi connectivity index (χ2n) is 5.63. The predicted molar refractivity (Wildman–Crippen MR) is 76.5 cm³/mol. The molecule has 0 spiro atoms. The maximum absolute atomic E-state index is 13.8. The van der Waals surface area contributed by atoms with Crippen LogP contribution in [-0.2, 0) is 16.5 Å². The van der Waals surface area contributed by atoms with E-state index in [1.165, 1.54) is 0 Å². The van der Waals surface area contributed by atoms with Gasteiger partial charge < -0.3 is 4.55 Å². The monoisotopic (exact) mass is 428 g/mol. The van der Waals surface area contributed by atoms with Gasteiger partial charge in [0.1, 0.15) is 10.1 Å². The Labute approximate surface area is 165 Å². The zero-order valence-corrected chi connectivity index (χ0v) is 14.7. The molecule has 0 radical (unpaired) electrons. The molecule has 0 aliphatic carbocycles. The van der Waals surface area contributed by atoms with Crippen LogP contribution in [0.5, 0.6) is 0 Å². The summed E-state index contributed by atoms with van der Waals surface area (Å²) in [6, 6.07) is 5.41. The molecule has 0 unspecified atom stereocenters. The summed E-state index contributed by atoms with van der Waals surface area (Å²) in [4.78, 5) is -0.728. The molecule has 2 rings (SSSR count). The quantitative estimate of drug-likeness (QED) is 0.398. The zero-order valence-electron chi connectivity index (χ0n) is 13.9. The molecule has 2 aromatic rings. The van der Waals surface area contributed by atoms with Crippen molar-refractivity contribution in [1.82, 2.24) is 0 Å². The molecule has 0 bridgehead atoms. The van der Waals surface area contributed by atoms with E-state index in [4.69, 9.17) is 0 Å². The standard InChI is InChI=1S/C15H10F8O3S.Li/c16-12(17)14(20,21)15(22,23)13(18,19)7-9-3-1-2-8-6-10(27(24,25)26)4-5-11(8)9;/h1-6,12H,7H2,(H,24,25,26);/q;+1/p-1. The molecular formula is C15H9F8LiO3S. The van der Waals surface area contributed by atoms with Gasteiger partial charge in [-0.25, -0.2) is 17.2 Å². The third-order valence-corrected chi connectivity index (χ3v) is 4.63. The van der Waals surface area contributed by atoms with Crippen LogP contribution in [0.3, 0.4) is 0 Å². The van der Waals surface area contributed by atoms with Gasteiger partial charge in [0.25, 0.3) is 0 Å². The average molecular weight is 428 g/mol. The Morgan fingerprint density at radius 3 is 2.04 bits per heavy atom. The first kappa shape index (κ1) is 24.7. The number of halogens is 8. The van der Waals surface area contributed by atoms with Crippen LogP contribution in [0.4, 0.5) is 35.1 Å². The number of hydrogen-bond acceptors (Lipinski definition) is 3. The van der Waals surface area contributed by atoms with E-state index in [0.29, 0.717) is 0 Å². The summed E-state index contributed by atoms with van der Waals surface area (Å²) in [6.07, 6.45) is -7.04. The summed E-state index contributed by atoms with van der Waals surface area (Å²) in [6.45, 7) is 0. The van der Waals surface area contributed by atoms with Crippen molar-refractivity contribution in [3.8, 4) is 0 Å². The van der Waals surface area contributed by atoms with Crippen molar-refractivity contribution in [3.05, 3.63) is 42.0 Å². The molecule has 28 heavy (non-hydrogen) atoms. The van der Waals surface area contributed by atoms with E-state index in [1.54, 1.807) is 0 Å². The van der Waals surface area contributed by atoms with E-state index in [0.717, 1.165) is 36.4 Å². The fourth-order valence-corrected chi connectivity index (χ4v) is 2.88. The molecule has 0 amide bonds. The minimum atomic E-state index is -6.35. The SMILES string of the molecule is O=S(=O)([O-])c1ccc2c(CC(F)(F)C(F)(F)C(F)(F)C(F)F)cccc2c1.[Li+]. The van der Waals surface area contributed by atoms with Crippen molar-refractivity contribution < 1.29 is 67.0 Å². The van der Waals surface area contributed by atoms with Crippen LogP contribution in [0.25, 0.3) is 10.8 Å². The molecule has 0 saturated heterocycles. The Kier molecular flexibility index (Phi) is 6.89. The van der Waals surface area contributed by atoms with Gasteiger partial charge in [-0.15, -0.1) is 0 Å². The van der Waals surface area contributed by atoms with E-state index in [2.05, 4.69) is 0 Å². The van der Waals surface area contributed by atoms with Crippen LogP contribution in [0, 0.1) is 0 Å². The fraction of sp³-hybridized carbons (Fsp3) is 0.333. The Hall–Kier alpha value is -1.35. The molecule has 2 aromatic carbocycles. The maximum Gasteiger partial charge on any atom is 1.00 e. The topological polar surface area (TPSA) is 57.2 Å². The summed E-state index contributed by atoms with van der Waals surface area (Å²) in [5.41, 5.74) is -0.628. The van der Waals surface area contributed by atoms with Crippen molar-refractivity contribution >= 4 is 20.9 Å². The van der Waals surface area contributed by atoms with Crippen LogP contribution in [0.1, 0.15) is 5.56 Å². The first-order valence-corrected chi connectivity index (χ1v) is 8.41. The summed E-state index contributed by atoms with van der Waals surface area (Å²) in [5.74, 6) is -18.2. The van der Waals surface area contributed by atoms with Crippen LogP contribution in [0.2, 0.25) is 0 Å². The van der Waals surface area contributed by atoms with Gasteiger partial charge in [0.15, 0.2) is 0 Å². The first-order chi connectivity index (χ1) is 12.1. The zero-order chi connectivity index (χ0) is 20.8. The number of hydrogen-bond donors (Lipinski definition) is 0. The van der Waals surface area contributed by atoms with Gasteiger partial charge in [-0.05, 0) is 28.5 Å². The van der Waals surface area contributed by atoms with Gasteiger partial charge in [-0.2, -0.15) is 26.3 Å². The Morgan fingerprint density at radius 1 is 0.964 bits per heavy atom. The number of rotatable bonds is 6. The van der Waals surface area contributed by atoms with E-state index < -0.39 is 51.2 Å². The molecule has 0 aliphatic heterocycles. The fourth-order valence-electron chi connectivity index (χ4n) is 2.37. The van der Waals surface area contributed by atoms with Crippen LogP contribution in [0.15, 0.2) is 41.3 Å². The first-order valence-electron chi connectivity index (χ1n) is 7.00. The molecule has 0 heterocycles. The van der Waals surface area contributed by atoms with Gasteiger partial charge in [0.05, 0.1) is 4.90 Å². The molecule has 0 atom stereocenters. The summed E-state index contributed by atoms with van der Waals surface area (Å²) < 4.78 is 138. The normalized spacial score (nSPS) is 13.6. The molecule has 0 saturated carbocycles. The predicted octanol–water partition coefficient (Wildman–Crippen LogP) is 1.46. The molecule has 150 valence electrons. The van der Waals surface area contributed by atoms with Gasteiger partial charge in [0, 0.05) is 6.42 Å². The van der Waals surface area contributed by atoms with E-state index in [-0.39, 0.29) is 29.6 Å². The molecule has 0 N–H and O–H groups in total. The molecule has 0 fully saturated rings. The summed E-state index contributed by atoms with van der Waals surface area (Å²) in [7, 11) is -4.90. The van der Waals surface area contributed by atoms with Crippen molar-refractivity contribution in [3.63, 3.8) is 0 Å². The molecule has 3 nitrogen and oxygen atoms in total. The van der Waals surface area contributed by atoms with Crippen LogP contribution in [-0.4, -0.2) is 37.2 Å². The second-order valence-corrected chi connectivity index (χ2v) is 7.01. The smallest absolute Gasteiger partial charge is 0.744 e. The average Bonchev–Trinajstić information content (AvgIpc) is 2.53. The number of alkyl halides is 8. The molecular weight excluding hydrogens is 419 g/mol. The van der Waals surface area contributed by atoms with E-state index in [1.807, 2.05) is 0 Å². The molecule has 0 aromatic heterocycles. The summed E-state index contributed by atoms with van der Waals surface area (Å²) in [5, 5.41) is -0.357. The Bertz CT molecular complexity index is 963. The second kappa shape index (κ2) is 7.82. The third-order valence-electron chi connectivity index (χ3n) is 3.80. The largest absolute Gasteiger partial charge is 1.00 e. The van der Waals surface area contributed by atoms with E-state index >= 15 is 0 Å². The van der Waals surface area contributed by atoms with Gasteiger partial charge in [-0.1, -0.05) is 24.3 Å². The summed E-state index contributed by atoms with van der Waals surface area (Å²) >= 11 is 0. The number of fused-ring (bicyclic) bond motifs is 1. The van der Waals surface area contributed by atoms with Crippen molar-refractivity contribution in [1.29, 1.82) is 0 Å². The van der Waals surface area contributed by atoms with E-state index in [9.17, 15) is 48.1 Å². The minimum Gasteiger partial charge on any atom is -0.744 e. The third kappa shape index (κ3) is 4.30. The Morgan fingerprint density at radius 2 is 1.54 bits per heavy atom. The van der Waals surface area contributed by atoms with Crippen LogP contribution >= 0.6 is 0 Å². The van der Waals surface area contributed by atoms with Crippen molar-refractivity contribution in [2.24, 2.45) is 0 Å².